The normalized spacial score (nSPS) is 22.6. The smallest absolute Gasteiger partial charge is 0.242 e. The van der Waals surface area contributed by atoms with Gasteiger partial charge in [-0.1, -0.05) is 25.6 Å². The van der Waals surface area contributed by atoms with Crippen molar-refractivity contribution < 1.29 is 22.7 Å². The highest BCUT2D eigenvalue weighted by Gasteiger charge is 2.65. The van der Waals surface area contributed by atoms with E-state index in [1.165, 1.54) is 15.7 Å². The van der Waals surface area contributed by atoms with Crippen LogP contribution in [-0.4, -0.2) is 48.1 Å². The van der Waals surface area contributed by atoms with Crippen LogP contribution in [0, 0.1) is 30.6 Å². The van der Waals surface area contributed by atoms with Gasteiger partial charge in [-0.25, -0.2) is 17.4 Å². The number of Topliss-reactive ketones (excluding diaryl/α,β-unsaturated/α-hetero) is 1. The van der Waals surface area contributed by atoms with E-state index in [2.05, 4.69) is 18.8 Å². The molecule has 2 fully saturated rings. The molecule has 0 N–H and O–H groups in total. The Balaban J connectivity index is 1.57. The van der Waals surface area contributed by atoms with Crippen LogP contribution in [-0.2, 0) is 20.6 Å². The SMILES string of the molecule is COc1ccc2c(c1)nc(SCc1ncc(C)c(OC)c1C)n2S(=O)(=O)C[C@]12CCC(CC1=O)C2(C)C. The maximum absolute atomic E-state index is 14.2. The molecule has 3 aromatic rings. The van der Waals surface area contributed by atoms with Gasteiger partial charge >= 0.3 is 0 Å². The minimum absolute atomic E-state index is 0.0733. The number of ketones is 1. The number of methoxy groups -OCH3 is 2. The zero-order valence-electron chi connectivity index (χ0n) is 22.1. The molecule has 2 aliphatic carbocycles. The van der Waals surface area contributed by atoms with Crippen LogP contribution in [0.25, 0.3) is 11.0 Å². The lowest BCUT2D eigenvalue weighted by atomic mass is 9.70. The first-order valence-electron chi connectivity index (χ1n) is 12.4. The van der Waals surface area contributed by atoms with E-state index in [0.29, 0.717) is 40.5 Å². The molecule has 8 nitrogen and oxygen atoms in total. The molecule has 2 aliphatic rings. The molecule has 1 aromatic carbocycles. The van der Waals surface area contributed by atoms with Crippen LogP contribution >= 0.6 is 11.8 Å². The molecule has 0 amide bonds. The van der Waals surface area contributed by atoms with Crippen molar-refractivity contribution in [3.8, 4) is 11.5 Å². The topological polar surface area (TPSA) is 100 Å². The van der Waals surface area contributed by atoms with Crippen LogP contribution in [0.15, 0.2) is 29.6 Å². The number of ether oxygens (including phenoxy) is 2. The molecule has 1 unspecified atom stereocenters. The van der Waals surface area contributed by atoms with Crippen molar-refractivity contribution in [1.82, 2.24) is 13.9 Å². The van der Waals surface area contributed by atoms with Crippen molar-refractivity contribution >= 4 is 38.6 Å². The van der Waals surface area contributed by atoms with Gasteiger partial charge in [0, 0.05) is 35.6 Å². The summed E-state index contributed by atoms with van der Waals surface area (Å²) >= 11 is 1.31. The number of benzene rings is 1. The first-order valence-corrected chi connectivity index (χ1v) is 15.0. The van der Waals surface area contributed by atoms with E-state index in [4.69, 9.17) is 14.5 Å². The largest absolute Gasteiger partial charge is 0.497 e. The van der Waals surface area contributed by atoms with Crippen molar-refractivity contribution in [3.05, 3.63) is 41.2 Å². The Morgan fingerprint density at radius 2 is 1.95 bits per heavy atom. The van der Waals surface area contributed by atoms with Crippen LogP contribution in [0.5, 0.6) is 11.5 Å². The predicted molar refractivity (Wildman–Crippen MR) is 144 cm³/mol. The first-order chi connectivity index (χ1) is 17.4. The Morgan fingerprint density at radius 1 is 1.19 bits per heavy atom. The molecular weight excluding hydrogens is 510 g/mol. The zero-order chi connectivity index (χ0) is 26.8. The number of imidazole rings is 1. The number of pyridine rings is 1. The van der Waals surface area contributed by atoms with Gasteiger partial charge in [-0.05, 0) is 50.2 Å². The minimum Gasteiger partial charge on any atom is -0.497 e. The number of aromatic nitrogens is 3. The Labute approximate surface area is 222 Å². The monoisotopic (exact) mass is 543 g/mol. The summed E-state index contributed by atoms with van der Waals surface area (Å²) in [7, 11) is -0.740. The average molecular weight is 544 g/mol. The molecule has 0 radical (unpaired) electrons. The van der Waals surface area contributed by atoms with Crippen molar-refractivity contribution in [2.75, 3.05) is 20.0 Å². The highest BCUT2D eigenvalue weighted by Crippen LogP contribution is 2.64. The minimum atomic E-state index is -3.93. The summed E-state index contributed by atoms with van der Waals surface area (Å²) in [6, 6.07) is 5.19. The number of hydrogen-bond acceptors (Lipinski definition) is 8. The fourth-order valence-corrected chi connectivity index (χ4v) is 9.93. The molecule has 2 heterocycles. The van der Waals surface area contributed by atoms with E-state index in [-0.39, 0.29) is 22.9 Å². The van der Waals surface area contributed by atoms with Crippen molar-refractivity contribution in [1.29, 1.82) is 0 Å². The lowest BCUT2D eigenvalue weighted by Crippen LogP contribution is -2.43. The van der Waals surface area contributed by atoms with Crippen LogP contribution in [0.1, 0.15) is 49.9 Å². The number of carbonyl (C=O) groups is 1. The highest BCUT2D eigenvalue weighted by molar-refractivity contribution is 7.99. The number of nitrogens with zero attached hydrogens (tertiary/aromatic N) is 3. The molecule has 5 rings (SSSR count). The Kier molecular flexibility index (Phi) is 6.34. The van der Waals surface area contributed by atoms with Crippen molar-refractivity contribution in [3.63, 3.8) is 0 Å². The number of carbonyl (C=O) groups excluding carboxylic acids is 1. The van der Waals surface area contributed by atoms with Crippen molar-refractivity contribution in [2.45, 2.75) is 57.9 Å². The number of fused-ring (bicyclic) bond motifs is 3. The number of hydrogen-bond donors (Lipinski definition) is 0. The first kappa shape index (κ1) is 26.0. The molecular formula is C27H33N3O5S2. The van der Waals surface area contributed by atoms with E-state index in [9.17, 15) is 13.2 Å². The van der Waals surface area contributed by atoms with Crippen LogP contribution < -0.4 is 9.47 Å². The van der Waals surface area contributed by atoms with Gasteiger partial charge in [-0.3, -0.25) is 9.78 Å². The summed E-state index contributed by atoms with van der Waals surface area (Å²) in [5, 5.41) is 0.346. The second-order valence-electron chi connectivity index (χ2n) is 10.8. The molecule has 2 bridgehead atoms. The molecule has 0 spiro atoms. The molecule has 2 atom stereocenters. The summed E-state index contributed by atoms with van der Waals surface area (Å²) in [6.07, 6.45) is 3.72. The molecule has 2 saturated carbocycles. The molecule has 10 heteroatoms. The predicted octanol–water partition coefficient (Wildman–Crippen LogP) is 4.93. The van der Waals surface area contributed by atoms with Gasteiger partial charge in [0.05, 0.1) is 42.1 Å². The lowest BCUT2D eigenvalue weighted by molar-refractivity contribution is -0.128. The standard InChI is InChI=1S/C27H33N3O5S2/c1-16-13-28-21(17(2)24(16)35-6)14-36-25-29-20-12-19(34-5)7-8-22(20)30(25)37(32,33)15-27-10-9-18(11-23(27)31)26(27,3)4/h7-8,12-13,18H,9-11,14-15H2,1-6H3/t18?,27-/m1/s1. The second kappa shape index (κ2) is 9.01. The highest BCUT2D eigenvalue weighted by atomic mass is 32.2. The van der Waals surface area contributed by atoms with E-state index < -0.39 is 15.4 Å². The van der Waals surface area contributed by atoms with Gasteiger partial charge in [-0.15, -0.1) is 0 Å². The second-order valence-corrected chi connectivity index (χ2v) is 13.5. The van der Waals surface area contributed by atoms with Gasteiger partial charge in [0.25, 0.3) is 0 Å². The Morgan fingerprint density at radius 3 is 2.57 bits per heavy atom. The third kappa shape index (κ3) is 3.94. The van der Waals surface area contributed by atoms with E-state index in [0.717, 1.165) is 29.0 Å². The Bertz CT molecular complexity index is 1510. The molecule has 198 valence electrons. The number of aryl methyl sites for hydroxylation is 1. The summed E-state index contributed by atoms with van der Waals surface area (Å²) in [5.41, 5.74) is 2.42. The fraction of sp³-hybridized carbons (Fsp3) is 0.519. The van der Waals surface area contributed by atoms with Gasteiger partial charge in [0.15, 0.2) is 5.16 Å². The third-order valence-corrected chi connectivity index (χ3v) is 11.6. The zero-order valence-corrected chi connectivity index (χ0v) is 23.8. The molecule has 0 aliphatic heterocycles. The van der Waals surface area contributed by atoms with Crippen molar-refractivity contribution in [2.24, 2.45) is 16.7 Å². The van der Waals surface area contributed by atoms with Crippen LogP contribution in [0.3, 0.4) is 0 Å². The Hall–Kier alpha value is -2.59. The quantitative estimate of drug-likeness (QED) is 0.369. The fourth-order valence-electron chi connectivity index (χ4n) is 6.34. The summed E-state index contributed by atoms with van der Waals surface area (Å²) in [6.45, 7) is 7.99. The van der Waals surface area contributed by atoms with E-state index in [1.54, 1.807) is 38.6 Å². The van der Waals surface area contributed by atoms with Gasteiger partial charge in [0.2, 0.25) is 10.0 Å². The van der Waals surface area contributed by atoms with E-state index >= 15 is 0 Å². The maximum Gasteiger partial charge on any atom is 0.242 e. The third-order valence-electron chi connectivity index (χ3n) is 8.73. The maximum atomic E-state index is 14.2. The van der Waals surface area contributed by atoms with Gasteiger partial charge in [0.1, 0.15) is 17.3 Å². The van der Waals surface area contributed by atoms with Gasteiger partial charge < -0.3 is 9.47 Å². The summed E-state index contributed by atoms with van der Waals surface area (Å²) < 4.78 is 40.6. The van der Waals surface area contributed by atoms with Gasteiger partial charge in [-0.2, -0.15) is 0 Å². The molecule has 0 saturated heterocycles. The van der Waals surface area contributed by atoms with Crippen LogP contribution in [0.4, 0.5) is 0 Å². The molecule has 37 heavy (non-hydrogen) atoms. The summed E-state index contributed by atoms with van der Waals surface area (Å²) in [5.74, 6) is 1.87. The van der Waals surface area contributed by atoms with Crippen LogP contribution in [0.2, 0.25) is 0 Å². The average Bonchev–Trinajstić information content (AvgIpc) is 3.39. The molecule has 2 aromatic heterocycles. The summed E-state index contributed by atoms with van der Waals surface area (Å²) in [4.78, 5) is 22.4. The number of thioether (sulfide) groups is 1. The lowest BCUT2D eigenvalue weighted by Gasteiger charge is -2.36. The van der Waals surface area contributed by atoms with E-state index in [1.807, 2.05) is 13.8 Å². The number of rotatable bonds is 8.